The first-order chi connectivity index (χ1) is 13.7. The standard InChI is InChI=1S/C23H27NO5/c1-14(2)29-19-8-6-18(7-9-19)23(27)24-12-21(26)28-13-20(25)22-16(4)10-15(3)11-17(22)5/h6-11,14H,12-13H2,1-5H3,(H,24,27). The van der Waals surface area contributed by atoms with E-state index >= 15 is 0 Å². The summed E-state index contributed by atoms with van der Waals surface area (Å²) in [7, 11) is 0. The van der Waals surface area contributed by atoms with Crippen LogP contribution in [-0.2, 0) is 9.53 Å². The zero-order chi connectivity index (χ0) is 21.6. The van der Waals surface area contributed by atoms with Crippen molar-refractivity contribution in [3.8, 4) is 5.75 Å². The number of benzene rings is 2. The van der Waals surface area contributed by atoms with Gasteiger partial charge >= 0.3 is 5.97 Å². The summed E-state index contributed by atoms with van der Waals surface area (Å²) in [5.74, 6) is -0.681. The van der Waals surface area contributed by atoms with Crippen LogP contribution in [0.1, 0.15) is 51.3 Å². The number of amides is 1. The Hall–Kier alpha value is -3.15. The van der Waals surface area contributed by atoms with Gasteiger partial charge in [0.1, 0.15) is 12.3 Å². The van der Waals surface area contributed by atoms with Gasteiger partial charge < -0.3 is 14.8 Å². The first-order valence-electron chi connectivity index (χ1n) is 9.49. The Kier molecular flexibility index (Phi) is 7.53. The second-order valence-electron chi connectivity index (χ2n) is 7.23. The van der Waals surface area contributed by atoms with Crippen molar-refractivity contribution in [1.82, 2.24) is 5.32 Å². The van der Waals surface area contributed by atoms with Crippen molar-refractivity contribution >= 4 is 17.7 Å². The smallest absolute Gasteiger partial charge is 0.325 e. The fraction of sp³-hybridized carbons (Fsp3) is 0.348. The van der Waals surface area contributed by atoms with Crippen molar-refractivity contribution < 1.29 is 23.9 Å². The highest BCUT2D eigenvalue weighted by atomic mass is 16.5. The topological polar surface area (TPSA) is 81.7 Å². The minimum absolute atomic E-state index is 0.0413. The summed E-state index contributed by atoms with van der Waals surface area (Å²) in [6.45, 7) is 8.82. The van der Waals surface area contributed by atoms with Gasteiger partial charge in [-0.05, 0) is 70.0 Å². The summed E-state index contributed by atoms with van der Waals surface area (Å²) in [5.41, 5.74) is 3.73. The van der Waals surface area contributed by atoms with Gasteiger partial charge in [0, 0.05) is 11.1 Å². The highest BCUT2D eigenvalue weighted by Gasteiger charge is 2.16. The molecule has 2 aromatic carbocycles. The van der Waals surface area contributed by atoms with Crippen LogP contribution in [0.2, 0.25) is 0 Å². The number of aryl methyl sites for hydroxylation is 3. The number of carbonyl (C=O) groups is 3. The van der Waals surface area contributed by atoms with Crippen molar-refractivity contribution in [2.45, 2.75) is 40.7 Å². The molecule has 0 saturated carbocycles. The van der Waals surface area contributed by atoms with E-state index in [0.29, 0.717) is 16.9 Å². The lowest BCUT2D eigenvalue weighted by molar-refractivity contribution is -0.141. The summed E-state index contributed by atoms with van der Waals surface area (Å²) in [5, 5.41) is 2.49. The van der Waals surface area contributed by atoms with Crippen LogP contribution in [0.3, 0.4) is 0 Å². The van der Waals surface area contributed by atoms with Crippen LogP contribution in [0.4, 0.5) is 0 Å². The molecule has 29 heavy (non-hydrogen) atoms. The Bertz CT molecular complexity index is 877. The van der Waals surface area contributed by atoms with Crippen LogP contribution in [0, 0.1) is 20.8 Å². The molecule has 0 saturated heterocycles. The van der Waals surface area contributed by atoms with Gasteiger partial charge in [-0.25, -0.2) is 0 Å². The van der Waals surface area contributed by atoms with Crippen molar-refractivity contribution in [2.75, 3.05) is 13.2 Å². The van der Waals surface area contributed by atoms with Gasteiger partial charge in [-0.2, -0.15) is 0 Å². The Labute approximate surface area is 171 Å². The minimum Gasteiger partial charge on any atom is -0.491 e. The van der Waals surface area contributed by atoms with E-state index in [1.807, 2.05) is 46.8 Å². The molecule has 0 bridgehead atoms. The number of hydrogen-bond donors (Lipinski definition) is 1. The van der Waals surface area contributed by atoms with E-state index in [0.717, 1.165) is 16.7 Å². The van der Waals surface area contributed by atoms with Gasteiger partial charge in [-0.1, -0.05) is 17.7 Å². The van der Waals surface area contributed by atoms with Gasteiger partial charge in [0.25, 0.3) is 5.91 Å². The number of ether oxygens (including phenoxy) is 2. The van der Waals surface area contributed by atoms with Crippen LogP contribution < -0.4 is 10.1 Å². The Morgan fingerprint density at radius 1 is 0.966 bits per heavy atom. The van der Waals surface area contributed by atoms with Crippen LogP contribution in [-0.4, -0.2) is 36.9 Å². The molecule has 6 heteroatoms. The van der Waals surface area contributed by atoms with E-state index in [9.17, 15) is 14.4 Å². The van der Waals surface area contributed by atoms with E-state index < -0.39 is 11.9 Å². The van der Waals surface area contributed by atoms with Crippen molar-refractivity contribution in [2.24, 2.45) is 0 Å². The number of ketones is 1. The summed E-state index contributed by atoms with van der Waals surface area (Å²) in [6.07, 6.45) is 0.0413. The molecule has 0 fully saturated rings. The maximum Gasteiger partial charge on any atom is 0.325 e. The van der Waals surface area contributed by atoms with E-state index in [-0.39, 0.29) is 25.0 Å². The molecule has 2 aromatic rings. The molecule has 0 aliphatic rings. The molecule has 0 aromatic heterocycles. The third-order valence-electron chi connectivity index (χ3n) is 4.20. The lowest BCUT2D eigenvalue weighted by Gasteiger charge is -2.11. The fourth-order valence-electron chi connectivity index (χ4n) is 3.10. The second kappa shape index (κ2) is 9.87. The highest BCUT2D eigenvalue weighted by molar-refractivity contribution is 6.01. The van der Waals surface area contributed by atoms with Gasteiger partial charge in [0.2, 0.25) is 5.78 Å². The zero-order valence-electron chi connectivity index (χ0n) is 17.5. The number of rotatable bonds is 8. The fourth-order valence-corrected chi connectivity index (χ4v) is 3.10. The third-order valence-corrected chi connectivity index (χ3v) is 4.20. The molecule has 0 atom stereocenters. The first-order valence-corrected chi connectivity index (χ1v) is 9.49. The van der Waals surface area contributed by atoms with Crippen LogP contribution in [0.15, 0.2) is 36.4 Å². The number of hydrogen-bond acceptors (Lipinski definition) is 5. The molecule has 1 N–H and O–H groups in total. The summed E-state index contributed by atoms with van der Waals surface area (Å²) in [4.78, 5) is 36.4. The van der Waals surface area contributed by atoms with E-state index in [4.69, 9.17) is 9.47 Å². The molecular formula is C23H27NO5. The molecule has 0 aliphatic heterocycles. The molecular weight excluding hydrogens is 370 g/mol. The molecule has 2 rings (SSSR count). The quantitative estimate of drug-likeness (QED) is 0.544. The first kappa shape index (κ1) is 22.1. The monoisotopic (exact) mass is 397 g/mol. The number of Topliss-reactive ketones (excluding diaryl/α,β-unsaturated/α-hetero) is 1. The molecule has 0 unspecified atom stereocenters. The summed E-state index contributed by atoms with van der Waals surface area (Å²) >= 11 is 0. The predicted molar refractivity (Wildman–Crippen MR) is 110 cm³/mol. The molecule has 0 aliphatic carbocycles. The zero-order valence-corrected chi connectivity index (χ0v) is 17.5. The van der Waals surface area contributed by atoms with Gasteiger partial charge in [0.05, 0.1) is 6.10 Å². The summed E-state index contributed by atoms with van der Waals surface area (Å²) < 4.78 is 10.5. The van der Waals surface area contributed by atoms with E-state index in [1.165, 1.54) is 0 Å². The van der Waals surface area contributed by atoms with Gasteiger partial charge in [0.15, 0.2) is 6.61 Å². The van der Waals surface area contributed by atoms with Crippen LogP contribution >= 0.6 is 0 Å². The number of esters is 1. The second-order valence-corrected chi connectivity index (χ2v) is 7.23. The largest absolute Gasteiger partial charge is 0.491 e. The van der Waals surface area contributed by atoms with Crippen molar-refractivity contribution in [3.63, 3.8) is 0 Å². The normalized spacial score (nSPS) is 10.6. The molecule has 0 spiro atoms. The van der Waals surface area contributed by atoms with E-state index in [2.05, 4.69) is 5.32 Å². The minimum atomic E-state index is -0.672. The lowest BCUT2D eigenvalue weighted by Crippen LogP contribution is -2.31. The van der Waals surface area contributed by atoms with E-state index in [1.54, 1.807) is 24.3 Å². The SMILES string of the molecule is Cc1cc(C)c(C(=O)COC(=O)CNC(=O)c2ccc(OC(C)C)cc2)c(C)c1. The van der Waals surface area contributed by atoms with Crippen LogP contribution in [0.5, 0.6) is 5.75 Å². The van der Waals surface area contributed by atoms with Crippen molar-refractivity contribution in [3.05, 3.63) is 64.2 Å². The molecule has 0 radical (unpaired) electrons. The highest BCUT2D eigenvalue weighted by Crippen LogP contribution is 2.17. The maximum atomic E-state index is 12.4. The molecule has 1 amide bonds. The predicted octanol–water partition coefficient (Wildman–Crippen LogP) is 3.55. The molecule has 6 nitrogen and oxygen atoms in total. The van der Waals surface area contributed by atoms with Crippen molar-refractivity contribution in [1.29, 1.82) is 0 Å². The number of nitrogens with one attached hydrogen (secondary N) is 1. The molecule has 154 valence electrons. The third kappa shape index (κ3) is 6.45. The van der Waals surface area contributed by atoms with Crippen LogP contribution in [0.25, 0.3) is 0 Å². The Morgan fingerprint density at radius 3 is 2.10 bits per heavy atom. The van der Waals surface area contributed by atoms with Gasteiger partial charge in [-0.15, -0.1) is 0 Å². The average Bonchev–Trinajstić information content (AvgIpc) is 2.63. The number of carbonyl (C=O) groups excluding carboxylic acids is 3. The van der Waals surface area contributed by atoms with Gasteiger partial charge in [-0.3, -0.25) is 14.4 Å². The lowest BCUT2D eigenvalue weighted by atomic mass is 9.97. The summed E-state index contributed by atoms with van der Waals surface area (Å²) in [6, 6.07) is 10.4. The Balaban J connectivity index is 1.84. The maximum absolute atomic E-state index is 12.4. The Morgan fingerprint density at radius 2 is 1.55 bits per heavy atom. The average molecular weight is 397 g/mol. The molecule has 0 heterocycles.